The van der Waals surface area contributed by atoms with Gasteiger partial charge in [0.1, 0.15) is 0 Å². The smallest absolute Gasteiger partial charge is 0.0862 e. The van der Waals surface area contributed by atoms with E-state index in [2.05, 4.69) is 18.7 Å². The van der Waals surface area contributed by atoms with Crippen LogP contribution in [-0.4, -0.2) is 17.3 Å². The highest BCUT2D eigenvalue weighted by Gasteiger charge is 2.15. The molecule has 2 heteroatoms. The van der Waals surface area contributed by atoms with Crippen molar-refractivity contribution in [2.24, 2.45) is 0 Å². The van der Waals surface area contributed by atoms with Gasteiger partial charge in [-0.25, -0.2) is 0 Å². The average molecular weight is 234 g/mol. The molecule has 0 aromatic heterocycles. The minimum Gasteiger partial charge on any atom is -0.393 e. The van der Waals surface area contributed by atoms with Gasteiger partial charge in [-0.05, 0) is 32.3 Å². The van der Waals surface area contributed by atoms with Crippen LogP contribution in [0.25, 0.3) is 0 Å². The Balaban J connectivity index is 2.63. The van der Waals surface area contributed by atoms with Gasteiger partial charge in [0.15, 0.2) is 0 Å². The Morgan fingerprint density at radius 2 is 1.94 bits per heavy atom. The molecule has 1 aromatic rings. The number of hydrogen-bond donors (Lipinski definition) is 1. The SMILES string of the molecule is C=CC[C@H](O[C@@H](C)C[C@@H](C)O)c1ccccc1. The maximum absolute atomic E-state index is 9.34. The van der Waals surface area contributed by atoms with Gasteiger partial charge < -0.3 is 9.84 Å². The van der Waals surface area contributed by atoms with E-state index >= 15 is 0 Å². The van der Waals surface area contributed by atoms with Crippen molar-refractivity contribution in [3.05, 3.63) is 48.6 Å². The van der Waals surface area contributed by atoms with E-state index in [1.54, 1.807) is 6.92 Å². The predicted molar refractivity (Wildman–Crippen MR) is 70.8 cm³/mol. The molecule has 0 fully saturated rings. The van der Waals surface area contributed by atoms with Gasteiger partial charge in [-0.2, -0.15) is 0 Å². The van der Waals surface area contributed by atoms with Crippen LogP contribution >= 0.6 is 0 Å². The number of benzene rings is 1. The Bertz CT molecular complexity index is 319. The van der Waals surface area contributed by atoms with Crippen molar-refractivity contribution < 1.29 is 9.84 Å². The van der Waals surface area contributed by atoms with Crippen molar-refractivity contribution in [3.8, 4) is 0 Å². The van der Waals surface area contributed by atoms with E-state index in [0.717, 1.165) is 12.0 Å². The van der Waals surface area contributed by atoms with Crippen LogP contribution in [-0.2, 0) is 4.74 Å². The maximum atomic E-state index is 9.34. The summed E-state index contributed by atoms with van der Waals surface area (Å²) in [7, 11) is 0. The van der Waals surface area contributed by atoms with Crippen molar-refractivity contribution >= 4 is 0 Å². The lowest BCUT2D eigenvalue weighted by molar-refractivity contribution is -0.0240. The van der Waals surface area contributed by atoms with Gasteiger partial charge in [-0.1, -0.05) is 36.4 Å². The summed E-state index contributed by atoms with van der Waals surface area (Å²) < 4.78 is 5.96. The molecule has 0 aliphatic rings. The quantitative estimate of drug-likeness (QED) is 0.732. The lowest BCUT2D eigenvalue weighted by Crippen LogP contribution is -2.18. The fourth-order valence-corrected chi connectivity index (χ4v) is 1.91. The first kappa shape index (κ1) is 13.9. The maximum Gasteiger partial charge on any atom is 0.0862 e. The molecule has 1 rings (SSSR count). The third-order valence-electron chi connectivity index (χ3n) is 2.62. The fraction of sp³-hybridized carbons (Fsp3) is 0.467. The molecule has 0 bridgehead atoms. The molecule has 0 saturated heterocycles. The molecule has 0 saturated carbocycles. The lowest BCUT2D eigenvalue weighted by atomic mass is 10.1. The summed E-state index contributed by atoms with van der Waals surface area (Å²) in [5, 5.41) is 9.34. The van der Waals surface area contributed by atoms with Crippen LogP contribution in [0.2, 0.25) is 0 Å². The number of ether oxygens (including phenoxy) is 1. The molecule has 2 nitrogen and oxygen atoms in total. The fourth-order valence-electron chi connectivity index (χ4n) is 1.91. The summed E-state index contributed by atoms with van der Waals surface area (Å²) in [6, 6.07) is 10.1. The monoisotopic (exact) mass is 234 g/mol. The van der Waals surface area contributed by atoms with E-state index in [1.807, 2.05) is 31.2 Å². The lowest BCUT2D eigenvalue weighted by Gasteiger charge is -2.22. The molecule has 0 amide bonds. The minimum atomic E-state index is -0.329. The van der Waals surface area contributed by atoms with Gasteiger partial charge in [-0.15, -0.1) is 6.58 Å². The van der Waals surface area contributed by atoms with E-state index in [-0.39, 0.29) is 18.3 Å². The molecular formula is C15H22O2. The van der Waals surface area contributed by atoms with Gasteiger partial charge in [0, 0.05) is 0 Å². The number of rotatable bonds is 7. The molecule has 0 aliphatic carbocycles. The number of aliphatic hydroxyl groups is 1. The predicted octanol–water partition coefficient (Wildman–Crippen LogP) is 3.48. The van der Waals surface area contributed by atoms with Crippen LogP contribution in [0, 0.1) is 0 Å². The zero-order valence-corrected chi connectivity index (χ0v) is 10.7. The second-order valence-electron chi connectivity index (χ2n) is 4.46. The van der Waals surface area contributed by atoms with E-state index in [0.29, 0.717) is 6.42 Å². The molecular weight excluding hydrogens is 212 g/mol. The molecule has 1 N–H and O–H groups in total. The van der Waals surface area contributed by atoms with Gasteiger partial charge in [-0.3, -0.25) is 0 Å². The Kier molecular flexibility index (Phi) is 5.95. The Morgan fingerprint density at radius 3 is 2.47 bits per heavy atom. The normalized spacial score (nSPS) is 16.2. The third kappa shape index (κ3) is 5.16. The van der Waals surface area contributed by atoms with Crippen LogP contribution in [0.5, 0.6) is 0 Å². The zero-order valence-electron chi connectivity index (χ0n) is 10.7. The Morgan fingerprint density at radius 1 is 1.29 bits per heavy atom. The van der Waals surface area contributed by atoms with Gasteiger partial charge >= 0.3 is 0 Å². The van der Waals surface area contributed by atoms with E-state index in [4.69, 9.17) is 4.74 Å². The Hall–Kier alpha value is -1.12. The largest absolute Gasteiger partial charge is 0.393 e. The molecule has 0 unspecified atom stereocenters. The van der Waals surface area contributed by atoms with Gasteiger partial charge in [0.2, 0.25) is 0 Å². The second kappa shape index (κ2) is 7.25. The molecule has 0 radical (unpaired) electrons. The van der Waals surface area contributed by atoms with Crippen molar-refractivity contribution in [2.45, 2.75) is 45.0 Å². The number of hydrogen-bond acceptors (Lipinski definition) is 2. The third-order valence-corrected chi connectivity index (χ3v) is 2.62. The summed E-state index contributed by atoms with van der Waals surface area (Å²) in [5.41, 5.74) is 1.16. The number of aliphatic hydroxyl groups excluding tert-OH is 1. The van der Waals surface area contributed by atoms with Gasteiger partial charge in [0.05, 0.1) is 18.3 Å². The molecule has 3 atom stereocenters. The second-order valence-corrected chi connectivity index (χ2v) is 4.46. The minimum absolute atomic E-state index is 0.0300. The first-order chi connectivity index (χ1) is 8.13. The highest BCUT2D eigenvalue weighted by Crippen LogP contribution is 2.24. The van der Waals surface area contributed by atoms with Crippen molar-refractivity contribution in [3.63, 3.8) is 0 Å². The van der Waals surface area contributed by atoms with Crippen molar-refractivity contribution in [1.82, 2.24) is 0 Å². The molecule has 0 aliphatic heterocycles. The van der Waals surface area contributed by atoms with Crippen LogP contribution in [0.4, 0.5) is 0 Å². The topological polar surface area (TPSA) is 29.5 Å². The summed E-state index contributed by atoms with van der Waals surface area (Å²) in [6.45, 7) is 7.54. The molecule has 94 valence electrons. The average Bonchev–Trinajstić information content (AvgIpc) is 2.28. The first-order valence-electron chi connectivity index (χ1n) is 6.12. The Labute approximate surface area is 104 Å². The van der Waals surface area contributed by atoms with Crippen LogP contribution in [0.3, 0.4) is 0 Å². The summed E-state index contributed by atoms with van der Waals surface area (Å²) in [6.07, 6.45) is 3.05. The molecule has 0 heterocycles. The van der Waals surface area contributed by atoms with Crippen LogP contribution in [0.15, 0.2) is 43.0 Å². The zero-order chi connectivity index (χ0) is 12.7. The van der Waals surface area contributed by atoms with Crippen LogP contribution in [0.1, 0.15) is 38.4 Å². The summed E-state index contributed by atoms with van der Waals surface area (Å²) in [4.78, 5) is 0. The van der Waals surface area contributed by atoms with Crippen molar-refractivity contribution in [2.75, 3.05) is 0 Å². The highest BCUT2D eigenvalue weighted by molar-refractivity contribution is 5.18. The standard InChI is InChI=1S/C15H22O2/c1-4-8-15(14-9-6-5-7-10-14)17-13(3)11-12(2)16/h4-7,9-10,12-13,15-16H,1,8,11H2,2-3H3/t12-,13+,15+/m1/s1. The van der Waals surface area contributed by atoms with Crippen molar-refractivity contribution in [1.29, 1.82) is 0 Å². The van der Waals surface area contributed by atoms with Crippen LogP contribution < -0.4 is 0 Å². The summed E-state index contributed by atoms with van der Waals surface area (Å²) in [5.74, 6) is 0. The highest BCUT2D eigenvalue weighted by atomic mass is 16.5. The van der Waals surface area contributed by atoms with Gasteiger partial charge in [0.25, 0.3) is 0 Å². The summed E-state index contributed by atoms with van der Waals surface area (Å²) >= 11 is 0. The van der Waals surface area contributed by atoms with E-state index in [9.17, 15) is 5.11 Å². The first-order valence-corrected chi connectivity index (χ1v) is 6.12. The molecule has 1 aromatic carbocycles. The molecule has 17 heavy (non-hydrogen) atoms. The van der Waals surface area contributed by atoms with E-state index < -0.39 is 0 Å². The molecule has 0 spiro atoms. The van der Waals surface area contributed by atoms with E-state index in [1.165, 1.54) is 0 Å².